The first-order valence-electron chi connectivity index (χ1n) is 11.7. The maximum absolute atomic E-state index is 12.5. The molecule has 1 atom stereocenters. The van der Waals surface area contributed by atoms with Crippen molar-refractivity contribution in [3.8, 4) is 11.5 Å². The molecule has 3 rings (SSSR count). The van der Waals surface area contributed by atoms with Crippen LogP contribution in [-0.4, -0.2) is 33.3 Å². The minimum absolute atomic E-state index is 0.0948. The molecule has 5 N–H and O–H groups in total. The van der Waals surface area contributed by atoms with Gasteiger partial charge in [-0.05, 0) is 62.1 Å². The molecule has 0 radical (unpaired) electrons. The van der Waals surface area contributed by atoms with E-state index in [1.54, 1.807) is 18.2 Å². The summed E-state index contributed by atoms with van der Waals surface area (Å²) < 4.78 is 0. The number of hydrogen-bond donors (Lipinski definition) is 5. The fourth-order valence-electron chi connectivity index (χ4n) is 4.04. The van der Waals surface area contributed by atoms with Gasteiger partial charge in [0.05, 0.1) is 12.5 Å². The number of phenolic OH excluding ortho intramolecular Hbond substituents is 2. The molecule has 0 fully saturated rings. The number of hydrogen-bond acceptors (Lipinski definition) is 5. The van der Waals surface area contributed by atoms with Crippen LogP contribution in [-0.2, 0) is 11.3 Å². The Labute approximate surface area is 222 Å². The maximum Gasteiger partial charge on any atom is 0.224 e. The smallest absolute Gasteiger partial charge is 0.224 e. The van der Waals surface area contributed by atoms with E-state index in [0.717, 1.165) is 12.0 Å². The largest absolute Gasteiger partial charge is 0.508 e. The van der Waals surface area contributed by atoms with E-state index in [1.807, 2.05) is 26.0 Å². The van der Waals surface area contributed by atoms with Crippen molar-refractivity contribution in [2.24, 2.45) is 0 Å². The number of phenols is 2. The zero-order valence-electron chi connectivity index (χ0n) is 20.4. The lowest BCUT2D eigenvalue weighted by Gasteiger charge is -2.29. The molecule has 0 aliphatic heterocycles. The highest BCUT2D eigenvalue weighted by atomic mass is 35.5. The molecule has 0 saturated heterocycles. The molecule has 8 heteroatoms. The predicted molar refractivity (Wildman–Crippen MR) is 144 cm³/mol. The fraction of sp³-hybridized carbons (Fsp3) is 0.321. The van der Waals surface area contributed by atoms with E-state index < -0.39 is 6.10 Å². The SMILES string of the molecule is CC(C)(CC1=CC=CC(CC(=O)NCc2c(Cl)cccc2Cl)=CC1)NCC(O)c1cc(O)cc(O)c1. The van der Waals surface area contributed by atoms with Crippen molar-refractivity contribution in [1.82, 2.24) is 10.6 Å². The Balaban J connectivity index is 1.49. The second-order valence-electron chi connectivity index (χ2n) is 9.56. The van der Waals surface area contributed by atoms with Crippen molar-refractivity contribution in [2.45, 2.75) is 51.3 Å². The average molecular weight is 531 g/mol. The van der Waals surface area contributed by atoms with Gasteiger partial charge in [0.2, 0.25) is 5.91 Å². The summed E-state index contributed by atoms with van der Waals surface area (Å²) in [5, 5.41) is 37.1. The molecule has 1 aliphatic carbocycles. The molecular weight excluding hydrogens is 499 g/mol. The molecule has 2 aromatic rings. The van der Waals surface area contributed by atoms with Gasteiger partial charge in [0.15, 0.2) is 0 Å². The number of β-amino-alcohol motifs (C(OH)–C–C–N with tert-alkyl or cyclic N) is 1. The predicted octanol–water partition coefficient (Wildman–Crippen LogP) is 5.72. The molecule has 0 aromatic heterocycles. The van der Waals surface area contributed by atoms with E-state index in [9.17, 15) is 20.1 Å². The normalized spacial score (nSPS) is 14.6. The number of nitrogens with one attached hydrogen (secondary N) is 2. The van der Waals surface area contributed by atoms with Crippen molar-refractivity contribution < 1.29 is 20.1 Å². The Morgan fingerprint density at radius 1 is 1.11 bits per heavy atom. The zero-order chi connectivity index (χ0) is 26.3. The molecule has 0 bridgehead atoms. The minimum atomic E-state index is -0.879. The number of carbonyl (C=O) groups is 1. The Morgan fingerprint density at radius 2 is 1.78 bits per heavy atom. The number of benzene rings is 2. The van der Waals surface area contributed by atoms with E-state index in [4.69, 9.17) is 23.2 Å². The Morgan fingerprint density at radius 3 is 2.44 bits per heavy atom. The first-order valence-corrected chi connectivity index (χ1v) is 12.5. The zero-order valence-corrected chi connectivity index (χ0v) is 21.9. The van der Waals surface area contributed by atoms with Crippen LogP contribution < -0.4 is 10.6 Å². The number of carbonyl (C=O) groups excluding carboxylic acids is 1. The molecule has 0 saturated carbocycles. The summed E-state index contributed by atoms with van der Waals surface area (Å²) in [4.78, 5) is 12.5. The molecular formula is C28H32Cl2N2O4. The Kier molecular flexibility index (Phi) is 9.63. The van der Waals surface area contributed by atoms with Crippen molar-refractivity contribution in [2.75, 3.05) is 6.54 Å². The summed E-state index contributed by atoms with van der Waals surface area (Å²) in [5.41, 5.74) is 2.93. The molecule has 192 valence electrons. The molecule has 1 unspecified atom stereocenters. The van der Waals surface area contributed by atoms with Gasteiger partial charge >= 0.3 is 0 Å². The highest BCUT2D eigenvalue weighted by Gasteiger charge is 2.21. The van der Waals surface area contributed by atoms with Crippen LogP contribution >= 0.6 is 23.2 Å². The van der Waals surface area contributed by atoms with Crippen LogP contribution in [0.5, 0.6) is 11.5 Å². The van der Waals surface area contributed by atoms with Gasteiger partial charge in [-0.2, -0.15) is 0 Å². The molecule has 0 heterocycles. The lowest BCUT2D eigenvalue weighted by molar-refractivity contribution is -0.120. The second kappa shape index (κ2) is 12.5. The molecule has 36 heavy (non-hydrogen) atoms. The van der Waals surface area contributed by atoms with E-state index in [-0.39, 0.29) is 42.5 Å². The van der Waals surface area contributed by atoms with Crippen LogP contribution in [0.1, 0.15) is 50.3 Å². The summed E-state index contributed by atoms with van der Waals surface area (Å²) in [6.45, 7) is 4.63. The van der Waals surface area contributed by atoms with Crippen LogP contribution in [0.2, 0.25) is 10.0 Å². The van der Waals surface area contributed by atoms with Gasteiger partial charge < -0.3 is 26.0 Å². The third-order valence-corrected chi connectivity index (χ3v) is 6.62. The van der Waals surface area contributed by atoms with E-state index in [2.05, 4.69) is 22.8 Å². The minimum Gasteiger partial charge on any atom is -0.508 e. The molecule has 6 nitrogen and oxygen atoms in total. The standard InChI is InChI=1S/C28H32Cl2N2O4/c1-28(2,32-17-26(35)20-12-21(33)14-22(34)13-20)15-19-6-3-5-18(9-10-19)11-27(36)31-16-23-24(29)7-4-8-25(23)30/h3-9,12-14,26,32-35H,10-11,15-17H2,1-2H3,(H,31,36). The monoisotopic (exact) mass is 530 g/mol. The van der Waals surface area contributed by atoms with Crippen molar-refractivity contribution in [3.05, 3.63) is 93.0 Å². The van der Waals surface area contributed by atoms with Crippen molar-refractivity contribution >= 4 is 29.1 Å². The number of halogens is 2. The van der Waals surface area contributed by atoms with Gasteiger partial charge in [-0.3, -0.25) is 4.79 Å². The quantitative estimate of drug-likeness (QED) is 0.270. The van der Waals surface area contributed by atoms with Gasteiger partial charge in [-0.15, -0.1) is 0 Å². The van der Waals surface area contributed by atoms with Gasteiger partial charge in [0.25, 0.3) is 0 Å². The Bertz CT molecular complexity index is 1150. The highest BCUT2D eigenvalue weighted by molar-refractivity contribution is 6.36. The third-order valence-electron chi connectivity index (χ3n) is 5.91. The molecule has 1 aliphatic rings. The number of aliphatic hydroxyl groups excluding tert-OH is 1. The van der Waals surface area contributed by atoms with E-state index in [0.29, 0.717) is 27.6 Å². The van der Waals surface area contributed by atoms with Gasteiger partial charge in [0.1, 0.15) is 11.5 Å². The lowest BCUT2D eigenvalue weighted by atomic mass is 9.92. The number of amides is 1. The molecule has 0 spiro atoms. The summed E-state index contributed by atoms with van der Waals surface area (Å²) in [5.74, 6) is -0.301. The van der Waals surface area contributed by atoms with Crippen LogP contribution in [0.15, 0.2) is 71.8 Å². The van der Waals surface area contributed by atoms with Crippen LogP contribution in [0, 0.1) is 0 Å². The van der Waals surface area contributed by atoms with Gasteiger partial charge in [0, 0.05) is 40.3 Å². The highest BCUT2D eigenvalue weighted by Crippen LogP contribution is 2.27. The Hall–Kier alpha value is -2.77. The van der Waals surface area contributed by atoms with Crippen LogP contribution in [0.25, 0.3) is 0 Å². The summed E-state index contributed by atoms with van der Waals surface area (Å²) in [6, 6.07) is 9.34. The fourth-order valence-corrected chi connectivity index (χ4v) is 4.57. The van der Waals surface area contributed by atoms with Gasteiger partial charge in [-0.25, -0.2) is 0 Å². The van der Waals surface area contributed by atoms with Gasteiger partial charge in [-0.1, -0.05) is 59.1 Å². The number of aromatic hydroxyl groups is 2. The molecule has 1 amide bonds. The number of allylic oxidation sites excluding steroid dienone is 4. The van der Waals surface area contributed by atoms with Crippen molar-refractivity contribution in [3.63, 3.8) is 0 Å². The lowest BCUT2D eigenvalue weighted by Crippen LogP contribution is -2.41. The van der Waals surface area contributed by atoms with E-state index in [1.165, 1.54) is 23.8 Å². The van der Waals surface area contributed by atoms with Crippen LogP contribution in [0.3, 0.4) is 0 Å². The summed E-state index contributed by atoms with van der Waals surface area (Å²) in [7, 11) is 0. The number of rotatable bonds is 10. The van der Waals surface area contributed by atoms with Crippen molar-refractivity contribution in [1.29, 1.82) is 0 Å². The summed E-state index contributed by atoms with van der Waals surface area (Å²) in [6.07, 6.45) is 8.81. The van der Waals surface area contributed by atoms with Crippen LogP contribution in [0.4, 0.5) is 0 Å². The topological polar surface area (TPSA) is 102 Å². The maximum atomic E-state index is 12.5. The van der Waals surface area contributed by atoms with E-state index >= 15 is 0 Å². The average Bonchev–Trinajstić information content (AvgIpc) is 3.01. The first kappa shape index (κ1) is 27.8. The molecule has 2 aromatic carbocycles. The first-order chi connectivity index (χ1) is 17.0. The second-order valence-corrected chi connectivity index (χ2v) is 10.4. The number of aliphatic hydroxyl groups is 1. The third kappa shape index (κ3) is 8.42. The summed E-state index contributed by atoms with van der Waals surface area (Å²) >= 11 is 12.3.